The lowest BCUT2D eigenvalue weighted by atomic mass is 10.00. The van der Waals surface area contributed by atoms with Gasteiger partial charge in [-0.1, -0.05) is 25.1 Å². The maximum absolute atomic E-state index is 11.3. The molecule has 0 fully saturated rings. The summed E-state index contributed by atoms with van der Waals surface area (Å²) in [5, 5.41) is 0. The average molecular weight is 260 g/mol. The number of fused-ring (bicyclic) bond motifs is 1. The Hall–Kier alpha value is -1.35. The second kappa shape index (κ2) is 6.20. The Morgan fingerprint density at radius 3 is 2.58 bits per heavy atom. The number of benzene rings is 1. The highest BCUT2D eigenvalue weighted by molar-refractivity contribution is 5.72. The minimum atomic E-state index is 0.118. The lowest BCUT2D eigenvalue weighted by Crippen LogP contribution is -2.25. The normalized spacial score (nSPS) is 15.7. The second-order valence-corrected chi connectivity index (χ2v) is 5.41. The largest absolute Gasteiger partial charge is 0.342 e. The van der Waals surface area contributed by atoms with Gasteiger partial charge in [-0.25, -0.2) is 0 Å². The van der Waals surface area contributed by atoms with Gasteiger partial charge in [-0.3, -0.25) is 4.79 Å². The summed E-state index contributed by atoms with van der Waals surface area (Å²) in [7, 11) is 1.85. The molecule has 0 spiro atoms. The molecule has 0 bridgehead atoms. The van der Waals surface area contributed by atoms with Crippen molar-refractivity contribution in [2.45, 2.75) is 33.2 Å². The van der Waals surface area contributed by atoms with Crippen LogP contribution in [0.1, 0.15) is 30.5 Å². The fourth-order valence-corrected chi connectivity index (χ4v) is 2.62. The summed E-state index contributed by atoms with van der Waals surface area (Å²) < 4.78 is 0. The summed E-state index contributed by atoms with van der Waals surface area (Å²) in [5.74, 6) is 0.118. The molecule has 1 amide bonds. The topological polar surface area (TPSA) is 23.6 Å². The van der Waals surface area contributed by atoms with Crippen LogP contribution in [0.3, 0.4) is 0 Å². The van der Waals surface area contributed by atoms with Crippen LogP contribution in [0, 0.1) is 0 Å². The molecule has 0 saturated carbocycles. The van der Waals surface area contributed by atoms with Crippen LogP contribution >= 0.6 is 0 Å². The molecule has 2 rings (SSSR count). The highest BCUT2D eigenvalue weighted by Crippen LogP contribution is 2.18. The van der Waals surface area contributed by atoms with E-state index in [2.05, 4.69) is 30.0 Å². The molecule has 3 nitrogen and oxygen atoms in total. The fraction of sp³-hybridized carbons (Fsp3) is 0.562. The van der Waals surface area contributed by atoms with Crippen molar-refractivity contribution in [3.05, 3.63) is 34.9 Å². The smallest absolute Gasteiger partial charge is 0.219 e. The van der Waals surface area contributed by atoms with E-state index < -0.39 is 0 Å². The molecule has 104 valence electrons. The van der Waals surface area contributed by atoms with E-state index in [0.29, 0.717) is 6.54 Å². The Balaban J connectivity index is 2.11. The lowest BCUT2D eigenvalue weighted by molar-refractivity contribution is -0.128. The van der Waals surface area contributed by atoms with Crippen LogP contribution in [0.4, 0.5) is 0 Å². The molecular formula is C16H24N2O. The molecule has 0 atom stereocenters. The fourth-order valence-electron chi connectivity index (χ4n) is 2.62. The number of amides is 1. The third-order valence-corrected chi connectivity index (χ3v) is 4.07. The van der Waals surface area contributed by atoms with Crippen molar-refractivity contribution in [2.75, 3.05) is 26.7 Å². The second-order valence-electron chi connectivity index (χ2n) is 5.41. The summed E-state index contributed by atoms with van der Waals surface area (Å²) in [6, 6.07) is 6.70. The van der Waals surface area contributed by atoms with E-state index >= 15 is 0 Å². The first-order chi connectivity index (χ1) is 9.10. The third kappa shape index (κ3) is 3.57. The molecule has 0 N–H and O–H groups in total. The highest BCUT2D eigenvalue weighted by Gasteiger charge is 2.13. The van der Waals surface area contributed by atoms with Crippen LogP contribution in [0.25, 0.3) is 0 Å². The number of nitrogens with zero attached hydrogens (tertiary/aromatic N) is 2. The number of hydrogen-bond acceptors (Lipinski definition) is 2. The van der Waals surface area contributed by atoms with E-state index in [1.807, 2.05) is 7.05 Å². The first kappa shape index (κ1) is 14.1. The van der Waals surface area contributed by atoms with Gasteiger partial charge >= 0.3 is 0 Å². The molecular weight excluding hydrogens is 236 g/mol. The molecule has 0 radical (unpaired) electrons. The van der Waals surface area contributed by atoms with Crippen LogP contribution < -0.4 is 0 Å². The molecule has 3 heteroatoms. The maximum atomic E-state index is 11.3. The first-order valence-electron chi connectivity index (χ1n) is 7.15. The van der Waals surface area contributed by atoms with Gasteiger partial charge in [0.1, 0.15) is 0 Å². The summed E-state index contributed by atoms with van der Waals surface area (Å²) in [5.41, 5.74) is 4.18. The van der Waals surface area contributed by atoms with Gasteiger partial charge < -0.3 is 9.80 Å². The highest BCUT2D eigenvalue weighted by atomic mass is 16.2. The zero-order chi connectivity index (χ0) is 13.8. The summed E-state index contributed by atoms with van der Waals surface area (Å²) in [6.45, 7) is 7.99. The number of rotatable bonds is 3. The number of likely N-dealkylation sites (N-methyl/N-ethyl adjacent to an activating group) is 1. The van der Waals surface area contributed by atoms with E-state index in [0.717, 1.165) is 32.5 Å². The van der Waals surface area contributed by atoms with Crippen molar-refractivity contribution in [3.8, 4) is 0 Å². The van der Waals surface area contributed by atoms with E-state index in [4.69, 9.17) is 0 Å². The average Bonchev–Trinajstić information content (AvgIpc) is 2.60. The number of hydrogen-bond donors (Lipinski definition) is 0. The molecule has 1 aromatic carbocycles. The molecule has 1 heterocycles. The summed E-state index contributed by atoms with van der Waals surface area (Å²) >= 11 is 0. The van der Waals surface area contributed by atoms with Crippen LogP contribution in [0.5, 0.6) is 0 Å². The maximum Gasteiger partial charge on any atom is 0.219 e. The third-order valence-electron chi connectivity index (χ3n) is 4.07. The van der Waals surface area contributed by atoms with Crippen molar-refractivity contribution in [1.82, 2.24) is 9.80 Å². The van der Waals surface area contributed by atoms with Gasteiger partial charge in [-0.15, -0.1) is 0 Å². The Labute approximate surface area is 116 Å². The molecule has 1 aromatic rings. The van der Waals surface area contributed by atoms with Crippen molar-refractivity contribution < 1.29 is 4.79 Å². The number of carbonyl (C=O) groups excluding carboxylic acids is 1. The number of carbonyl (C=O) groups is 1. The van der Waals surface area contributed by atoms with Gasteiger partial charge in [0.15, 0.2) is 0 Å². The molecule has 19 heavy (non-hydrogen) atoms. The molecule has 0 saturated heterocycles. The lowest BCUT2D eigenvalue weighted by Gasteiger charge is -2.16. The van der Waals surface area contributed by atoms with E-state index in [-0.39, 0.29) is 5.91 Å². The molecule has 1 aliphatic rings. The van der Waals surface area contributed by atoms with E-state index in [1.165, 1.54) is 16.7 Å². The van der Waals surface area contributed by atoms with Crippen molar-refractivity contribution >= 4 is 5.91 Å². The molecule has 0 unspecified atom stereocenters. The SMILES string of the molecule is CCN1CCc2ccc(CN(C)C(C)=O)cc2CC1. The first-order valence-corrected chi connectivity index (χ1v) is 7.15. The Morgan fingerprint density at radius 2 is 1.95 bits per heavy atom. The van der Waals surface area contributed by atoms with Crippen molar-refractivity contribution in [2.24, 2.45) is 0 Å². The summed E-state index contributed by atoms with van der Waals surface area (Å²) in [4.78, 5) is 15.6. The Morgan fingerprint density at radius 1 is 1.26 bits per heavy atom. The van der Waals surface area contributed by atoms with Crippen LogP contribution in [-0.4, -0.2) is 42.4 Å². The van der Waals surface area contributed by atoms with Gasteiger partial charge in [0, 0.05) is 33.6 Å². The van der Waals surface area contributed by atoms with Crippen LogP contribution in [-0.2, 0) is 24.2 Å². The van der Waals surface area contributed by atoms with Crippen LogP contribution in [0.15, 0.2) is 18.2 Å². The minimum Gasteiger partial charge on any atom is -0.342 e. The van der Waals surface area contributed by atoms with Gasteiger partial charge in [0.2, 0.25) is 5.91 Å². The predicted molar refractivity (Wildman–Crippen MR) is 78.1 cm³/mol. The van der Waals surface area contributed by atoms with Crippen molar-refractivity contribution in [3.63, 3.8) is 0 Å². The van der Waals surface area contributed by atoms with Gasteiger partial charge in [0.25, 0.3) is 0 Å². The molecule has 1 aliphatic heterocycles. The van der Waals surface area contributed by atoms with Gasteiger partial charge in [-0.05, 0) is 36.1 Å². The standard InChI is InChI=1S/C16H24N2O/c1-4-18-9-7-15-6-5-14(11-16(15)8-10-18)12-17(3)13(2)19/h5-6,11H,4,7-10,12H2,1-3H3. The van der Waals surface area contributed by atoms with E-state index in [1.54, 1.807) is 11.8 Å². The Kier molecular flexibility index (Phi) is 4.59. The molecule has 0 aliphatic carbocycles. The van der Waals surface area contributed by atoms with E-state index in [9.17, 15) is 4.79 Å². The zero-order valence-electron chi connectivity index (χ0n) is 12.3. The quantitative estimate of drug-likeness (QED) is 0.831. The molecule has 0 aromatic heterocycles. The monoisotopic (exact) mass is 260 g/mol. The van der Waals surface area contributed by atoms with Crippen LogP contribution in [0.2, 0.25) is 0 Å². The predicted octanol–water partition coefficient (Wildman–Crippen LogP) is 2.09. The minimum absolute atomic E-state index is 0.118. The zero-order valence-corrected chi connectivity index (χ0v) is 12.3. The Bertz CT molecular complexity index is 456. The van der Waals surface area contributed by atoms with Gasteiger partial charge in [0.05, 0.1) is 0 Å². The summed E-state index contributed by atoms with van der Waals surface area (Å²) in [6.07, 6.45) is 2.27. The van der Waals surface area contributed by atoms with Gasteiger partial charge in [-0.2, -0.15) is 0 Å². The van der Waals surface area contributed by atoms with Crippen molar-refractivity contribution in [1.29, 1.82) is 0 Å².